The lowest BCUT2D eigenvalue weighted by atomic mass is 10.1. The fraction of sp³-hybridized carbons (Fsp3) is 0.462. The number of rotatable bonds is 8. The number of carbonyl (C=O) groups excluding carboxylic acids is 1. The first kappa shape index (κ1) is 16.6. The SMILES string of the molecule is CN(C)S(=O)(=O)c1ccc(CCCNCC(N)=O)cc1. The molecule has 0 aliphatic heterocycles. The Labute approximate surface area is 120 Å². The van der Waals surface area contributed by atoms with Crippen LogP contribution < -0.4 is 11.1 Å². The summed E-state index contributed by atoms with van der Waals surface area (Å²) in [5.41, 5.74) is 6.06. The molecule has 0 saturated heterocycles. The molecule has 7 heteroatoms. The molecule has 6 nitrogen and oxygen atoms in total. The zero-order chi connectivity index (χ0) is 15.2. The Kier molecular flexibility index (Phi) is 6.12. The zero-order valence-corrected chi connectivity index (χ0v) is 12.6. The van der Waals surface area contributed by atoms with E-state index >= 15 is 0 Å². The van der Waals surface area contributed by atoms with Gasteiger partial charge in [-0.2, -0.15) is 0 Å². The van der Waals surface area contributed by atoms with E-state index in [9.17, 15) is 13.2 Å². The number of amides is 1. The molecule has 1 amide bonds. The molecular formula is C13H21N3O3S. The number of aryl methyl sites for hydroxylation is 1. The van der Waals surface area contributed by atoms with Crippen molar-refractivity contribution in [3.8, 4) is 0 Å². The highest BCUT2D eigenvalue weighted by Gasteiger charge is 2.16. The maximum Gasteiger partial charge on any atom is 0.242 e. The van der Waals surface area contributed by atoms with Gasteiger partial charge >= 0.3 is 0 Å². The molecule has 0 aliphatic rings. The van der Waals surface area contributed by atoms with Crippen molar-refractivity contribution in [2.45, 2.75) is 17.7 Å². The number of sulfonamides is 1. The summed E-state index contributed by atoms with van der Waals surface area (Å²) in [6.45, 7) is 0.876. The summed E-state index contributed by atoms with van der Waals surface area (Å²) in [5.74, 6) is -0.372. The summed E-state index contributed by atoms with van der Waals surface area (Å²) in [4.78, 5) is 10.8. The number of nitrogens with two attached hydrogens (primary N) is 1. The van der Waals surface area contributed by atoms with E-state index in [1.807, 2.05) is 12.1 Å². The maximum absolute atomic E-state index is 11.9. The first-order valence-corrected chi connectivity index (χ1v) is 7.78. The van der Waals surface area contributed by atoms with Gasteiger partial charge in [0.15, 0.2) is 0 Å². The van der Waals surface area contributed by atoms with Gasteiger partial charge in [-0.3, -0.25) is 4.79 Å². The van der Waals surface area contributed by atoms with Gasteiger partial charge in [0, 0.05) is 14.1 Å². The Morgan fingerprint density at radius 2 is 1.85 bits per heavy atom. The van der Waals surface area contributed by atoms with Gasteiger partial charge in [0.1, 0.15) is 0 Å². The molecule has 0 aromatic heterocycles. The van der Waals surface area contributed by atoms with Gasteiger partial charge in [-0.15, -0.1) is 0 Å². The molecule has 112 valence electrons. The first-order valence-electron chi connectivity index (χ1n) is 6.34. The lowest BCUT2D eigenvalue weighted by Gasteiger charge is -2.11. The highest BCUT2D eigenvalue weighted by molar-refractivity contribution is 7.89. The summed E-state index contributed by atoms with van der Waals surface area (Å²) >= 11 is 0. The number of carbonyl (C=O) groups is 1. The van der Waals surface area contributed by atoms with Crippen molar-refractivity contribution in [1.29, 1.82) is 0 Å². The second-order valence-corrected chi connectivity index (χ2v) is 6.83. The normalized spacial score (nSPS) is 11.8. The van der Waals surface area contributed by atoms with Crippen LogP contribution in [0.25, 0.3) is 0 Å². The second kappa shape index (κ2) is 7.37. The smallest absolute Gasteiger partial charge is 0.242 e. The third-order valence-corrected chi connectivity index (χ3v) is 4.65. The van der Waals surface area contributed by atoms with Gasteiger partial charge in [0.05, 0.1) is 11.4 Å². The van der Waals surface area contributed by atoms with E-state index in [0.717, 1.165) is 18.4 Å². The number of hydrogen-bond donors (Lipinski definition) is 2. The van der Waals surface area contributed by atoms with Crippen LogP contribution in [0.3, 0.4) is 0 Å². The third-order valence-electron chi connectivity index (χ3n) is 2.82. The highest BCUT2D eigenvalue weighted by atomic mass is 32.2. The molecule has 0 fully saturated rings. The summed E-state index contributed by atoms with van der Waals surface area (Å²) in [7, 11) is -0.348. The van der Waals surface area contributed by atoms with Crippen LogP contribution in [-0.2, 0) is 21.2 Å². The molecule has 0 atom stereocenters. The molecule has 0 saturated carbocycles. The van der Waals surface area contributed by atoms with Crippen molar-refractivity contribution in [3.05, 3.63) is 29.8 Å². The molecule has 0 bridgehead atoms. The number of primary amides is 1. The largest absolute Gasteiger partial charge is 0.369 e. The van der Waals surface area contributed by atoms with Gasteiger partial charge in [0.2, 0.25) is 15.9 Å². The average Bonchev–Trinajstić information content (AvgIpc) is 2.38. The molecule has 0 radical (unpaired) electrons. The number of hydrogen-bond acceptors (Lipinski definition) is 4. The third kappa shape index (κ3) is 4.92. The molecule has 1 aromatic carbocycles. The van der Waals surface area contributed by atoms with E-state index in [0.29, 0.717) is 6.54 Å². The van der Waals surface area contributed by atoms with E-state index in [2.05, 4.69) is 5.32 Å². The summed E-state index contributed by atoms with van der Waals surface area (Å²) in [6.07, 6.45) is 1.67. The first-order chi connectivity index (χ1) is 9.34. The number of benzene rings is 1. The predicted molar refractivity (Wildman–Crippen MR) is 77.7 cm³/mol. The minimum absolute atomic E-state index is 0.181. The Balaban J connectivity index is 2.49. The van der Waals surface area contributed by atoms with E-state index in [-0.39, 0.29) is 17.3 Å². The fourth-order valence-electron chi connectivity index (χ4n) is 1.67. The molecule has 1 rings (SSSR count). The van der Waals surface area contributed by atoms with Gasteiger partial charge in [-0.1, -0.05) is 12.1 Å². The van der Waals surface area contributed by atoms with E-state index in [1.54, 1.807) is 12.1 Å². The van der Waals surface area contributed by atoms with Gasteiger partial charge in [0.25, 0.3) is 0 Å². The highest BCUT2D eigenvalue weighted by Crippen LogP contribution is 2.14. The standard InChI is InChI=1S/C13H21N3O3S/c1-16(2)20(18,19)12-7-5-11(6-8-12)4-3-9-15-10-13(14)17/h5-8,15H,3-4,9-10H2,1-2H3,(H2,14,17). The van der Waals surface area contributed by atoms with Gasteiger partial charge < -0.3 is 11.1 Å². The van der Waals surface area contributed by atoms with Crippen molar-refractivity contribution in [3.63, 3.8) is 0 Å². The predicted octanol–water partition coefficient (Wildman–Crippen LogP) is -0.0556. The molecule has 0 heterocycles. The van der Waals surface area contributed by atoms with Crippen molar-refractivity contribution in [1.82, 2.24) is 9.62 Å². The Bertz CT molecular complexity index is 538. The lowest BCUT2D eigenvalue weighted by molar-refractivity contribution is -0.117. The van der Waals surface area contributed by atoms with Crippen molar-refractivity contribution < 1.29 is 13.2 Å². The number of nitrogens with one attached hydrogen (secondary N) is 1. The van der Waals surface area contributed by atoms with Crippen LogP contribution in [0.1, 0.15) is 12.0 Å². The Morgan fingerprint density at radius 1 is 1.25 bits per heavy atom. The van der Waals surface area contributed by atoms with Gasteiger partial charge in [-0.25, -0.2) is 12.7 Å². The summed E-state index contributed by atoms with van der Waals surface area (Å²) in [6, 6.07) is 6.85. The lowest BCUT2D eigenvalue weighted by Crippen LogP contribution is -2.29. The second-order valence-electron chi connectivity index (χ2n) is 4.68. The molecule has 0 aliphatic carbocycles. The minimum atomic E-state index is -3.36. The van der Waals surface area contributed by atoms with Crippen molar-refractivity contribution in [2.75, 3.05) is 27.2 Å². The zero-order valence-electron chi connectivity index (χ0n) is 11.8. The Morgan fingerprint density at radius 3 is 2.35 bits per heavy atom. The van der Waals surface area contributed by atoms with Crippen LogP contribution in [0, 0.1) is 0 Å². The van der Waals surface area contributed by atoms with Crippen LogP contribution in [0.5, 0.6) is 0 Å². The van der Waals surface area contributed by atoms with Crippen LogP contribution in [0.15, 0.2) is 29.2 Å². The van der Waals surface area contributed by atoms with E-state index in [4.69, 9.17) is 5.73 Å². The quantitative estimate of drug-likeness (QED) is 0.658. The topological polar surface area (TPSA) is 92.5 Å². The van der Waals surface area contributed by atoms with Crippen molar-refractivity contribution >= 4 is 15.9 Å². The van der Waals surface area contributed by atoms with E-state index < -0.39 is 10.0 Å². The fourth-order valence-corrected chi connectivity index (χ4v) is 2.57. The van der Waals surface area contributed by atoms with Crippen LogP contribution >= 0.6 is 0 Å². The van der Waals surface area contributed by atoms with Crippen molar-refractivity contribution in [2.24, 2.45) is 5.73 Å². The Hall–Kier alpha value is -1.44. The molecule has 0 spiro atoms. The van der Waals surface area contributed by atoms with E-state index in [1.165, 1.54) is 18.4 Å². The molecular weight excluding hydrogens is 278 g/mol. The number of nitrogens with zero attached hydrogens (tertiary/aromatic N) is 1. The summed E-state index contributed by atoms with van der Waals surface area (Å²) < 4.78 is 24.9. The maximum atomic E-state index is 11.9. The van der Waals surface area contributed by atoms with Crippen LogP contribution in [0.2, 0.25) is 0 Å². The van der Waals surface area contributed by atoms with Gasteiger partial charge in [-0.05, 0) is 37.1 Å². The summed E-state index contributed by atoms with van der Waals surface area (Å²) in [5, 5.41) is 2.93. The molecule has 0 unspecified atom stereocenters. The van der Waals surface area contributed by atoms with Crippen LogP contribution in [-0.4, -0.2) is 45.8 Å². The molecule has 3 N–H and O–H groups in total. The molecule has 1 aromatic rings. The molecule has 20 heavy (non-hydrogen) atoms. The average molecular weight is 299 g/mol. The monoisotopic (exact) mass is 299 g/mol. The minimum Gasteiger partial charge on any atom is -0.369 e. The van der Waals surface area contributed by atoms with Crippen LogP contribution in [0.4, 0.5) is 0 Å².